The Bertz CT molecular complexity index is 607. The molecule has 1 aromatic carbocycles. The minimum Gasteiger partial charge on any atom is -0.485 e. The van der Waals surface area contributed by atoms with Gasteiger partial charge in [0.05, 0.1) is 18.8 Å². The molecule has 1 aromatic rings. The van der Waals surface area contributed by atoms with Gasteiger partial charge in [0.15, 0.2) is 0 Å². The van der Waals surface area contributed by atoms with Crippen LogP contribution in [-0.2, 0) is 4.79 Å². The van der Waals surface area contributed by atoms with Gasteiger partial charge in [-0.05, 0) is 44.9 Å². The number of para-hydroxylation sites is 2. The standard InChI is InChI=1S/C21H33N3O2/c1-4-24-14-17(26-20-12-8-7-11-19(20)24)13-23(3)15-21(25)22-18-10-6-5-9-16(18)2/h7-8,11-12,16-18H,4-6,9-10,13-15H2,1-3H3,(H,22,25)/t16-,17+,18+/m1/s1. The second-order valence-electron chi connectivity index (χ2n) is 7.88. The van der Waals surface area contributed by atoms with E-state index in [0.717, 1.165) is 37.5 Å². The first-order valence-corrected chi connectivity index (χ1v) is 10.1. The van der Waals surface area contributed by atoms with Crippen molar-refractivity contribution in [3.05, 3.63) is 24.3 Å². The predicted molar refractivity (Wildman–Crippen MR) is 106 cm³/mol. The number of ether oxygens (including phenoxy) is 1. The van der Waals surface area contributed by atoms with Gasteiger partial charge in [0, 0.05) is 19.1 Å². The molecule has 3 atom stereocenters. The molecule has 1 aliphatic carbocycles. The van der Waals surface area contributed by atoms with Crippen molar-refractivity contribution < 1.29 is 9.53 Å². The summed E-state index contributed by atoms with van der Waals surface area (Å²) < 4.78 is 6.17. The Hall–Kier alpha value is -1.75. The van der Waals surface area contributed by atoms with E-state index in [1.165, 1.54) is 19.3 Å². The summed E-state index contributed by atoms with van der Waals surface area (Å²) >= 11 is 0. The van der Waals surface area contributed by atoms with Crippen LogP contribution in [0.25, 0.3) is 0 Å². The number of amides is 1. The van der Waals surface area contributed by atoms with Gasteiger partial charge in [-0.3, -0.25) is 9.69 Å². The van der Waals surface area contributed by atoms with Crippen molar-refractivity contribution >= 4 is 11.6 Å². The summed E-state index contributed by atoms with van der Waals surface area (Å²) in [6, 6.07) is 8.54. The Morgan fingerprint density at radius 3 is 2.85 bits per heavy atom. The average molecular weight is 360 g/mol. The zero-order valence-corrected chi connectivity index (χ0v) is 16.4. The highest BCUT2D eigenvalue weighted by atomic mass is 16.5. The third kappa shape index (κ3) is 4.70. The fourth-order valence-corrected chi connectivity index (χ4v) is 4.21. The summed E-state index contributed by atoms with van der Waals surface area (Å²) in [5.74, 6) is 1.67. The number of benzene rings is 1. The van der Waals surface area contributed by atoms with Crippen LogP contribution in [0.4, 0.5) is 5.69 Å². The van der Waals surface area contributed by atoms with E-state index in [2.05, 4.69) is 35.0 Å². The molecule has 5 heteroatoms. The number of likely N-dealkylation sites (N-methyl/N-ethyl adjacent to an activating group) is 2. The van der Waals surface area contributed by atoms with E-state index in [-0.39, 0.29) is 12.0 Å². The van der Waals surface area contributed by atoms with Crippen LogP contribution in [0.5, 0.6) is 5.75 Å². The minimum atomic E-state index is 0.0799. The second kappa shape index (κ2) is 8.76. The monoisotopic (exact) mass is 359 g/mol. The van der Waals surface area contributed by atoms with Gasteiger partial charge in [0.25, 0.3) is 0 Å². The van der Waals surface area contributed by atoms with Crippen LogP contribution in [0.2, 0.25) is 0 Å². The highest BCUT2D eigenvalue weighted by Gasteiger charge is 2.27. The van der Waals surface area contributed by atoms with Crippen molar-refractivity contribution in [2.75, 3.05) is 38.1 Å². The topological polar surface area (TPSA) is 44.8 Å². The van der Waals surface area contributed by atoms with Gasteiger partial charge in [0.1, 0.15) is 11.9 Å². The molecule has 1 amide bonds. The molecule has 0 saturated heterocycles. The lowest BCUT2D eigenvalue weighted by Crippen LogP contribution is -2.49. The Labute approximate surface area is 157 Å². The molecule has 26 heavy (non-hydrogen) atoms. The highest BCUT2D eigenvalue weighted by molar-refractivity contribution is 5.78. The van der Waals surface area contributed by atoms with Crippen molar-refractivity contribution in [2.45, 2.75) is 51.7 Å². The summed E-state index contributed by atoms with van der Waals surface area (Å²) in [6.45, 7) is 7.41. The number of fused-ring (bicyclic) bond motifs is 1. The van der Waals surface area contributed by atoms with Crippen LogP contribution in [0.3, 0.4) is 0 Å². The highest BCUT2D eigenvalue weighted by Crippen LogP contribution is 2.32. The average Bonchev–Trinajstić information content (AvgIpc) is 2.62. The van der Waals surface area contributed by atoms with Gasteiger partial charge in [-0.2, -0.15) is 0 Å². The number of carbonyl (C=O) groups is 1. The van der Waals surface area contributed by atoms with E-state index in [0.29, 0.717) is 18.5 Å². The van der Waals surface area contributed by atoms with Crippen molar-refractivity contribution in [3.63, 3.8) is 0 Å². The molecule has 3 rings (SSSR count). The molecule has 2 aliphatic rings. The number of anilines is 1. The van der Waals surface area contributed by atoms with E-state index >= 15 is 0 Å². The largest absolute Gasteiger partial charge is 0.485 e. The van der Waals surface area contributed by atoms with Gasteiger partial charge in [0.2, 0.25) is 5.91 Å². The maximum atomic E-state index is 12.4. The molecule has 1 heterocycles. The Morgan fingerprint density at radius 2 is 2.08 bits per heavy atom. The number of hydrogen-bond donors (Lipinski definition) is 1. The molecule has 0 bridgehead atoms. The number of nitrogens with zero attached hydrogens (tertiary/aromatic N) is 2. The Kier molecular flexibility index (Phi) is 6.41. The van der Waals surface area contributed by atoms with Crippen molar-refractivity contribution in [1.29, 1.82) is 0 Å². The normalized spacial score (nSPS) is 25.5. The molecule has 144 valence electrons. The molecule has 1 fully saturated rings. The number of hydrogen-bond acceptors (Lipinski definition) is 4. The molecular weight excluding hydrogens is 326 g/mol. The van der Waals surface area contributed by atoms with Crippen LogP contribution < -0.4 is 15.0 Å². The smallest absolute Gasteiger partial charge is 0.234 e. The summed E-state index contributed by atoms with van der Waals surface area (Å²) in [4.78, 5) is 16.9. The zero-order chi connectivity index (χ0) is 18.5. The van der Waals surface area contributed by atoms with Crippen LogP contribution in [-0.4, -0.2) is 56.2 Å². The number of carbonyl (C=O) groups excluding carboxylic acids is 1. The molecule has 0 unspecified atom stereocenters. The Balaban J connectivity index is 1.50. The predicted octanol–water partition coefficient (Wildman–Crippen LogP) is 2.90. The molecule has 1 aliphatic heterocycles. The van der Waals surface area contributed by atoms with E-state index in [1.54, 1.807) is 0 Å². The third-order valence-electron chi connectivity index (χ3n) is 5.69. The quantitative estimate of drug-likeness (QED) is 0.848. The van der Waals surface area contributed by atoms with Crippen molar-refractivity contribution in [1.82, 2.24) is 10.2 Å². The number of rotatable bonds is 6. The third-order valence-corrected chi connectivity index (χ3v) is 5.69. The molecular formula is C21H33N3O2. The molecule has 1 N–H and O–H groups in total. The first kappa shape index (κ1) is 19.0. The van der Waals surface area contributed by atoms with Crippen molar-refractivity contribution in [3.8, 4) is 5.75 Å². The van der Waals surface area contributed by atoms with E-state index < -0.39 is 0 Å². The molecule has 1 saturated carbocycles. The SMILES string of the molecule is CCN1C[C@H](CN(C)CC(=O)N[C@H]2CCCC[C@H]2C)Oc2ccccc21. The van der Waals surface area contributed by atoms with Crippen LogP contribution in [0.15, 0.2) is 24.3 Å². The second-order valence-corrected chi connectivity index (χ2v) is 7.88. The molecule has 0 spiro atoms. The number of nitrogens with one attached hydrogen (secondary N) is 1. The fourth-order valence-electron chi connectivity index (χ4n) is 4.21. The van der Waals surface area contributed by atoms with Gasteiger partial charge >= 0.3 is 0 Å². The lowest BCUT2D eigenvalue weighted by Gasteiger charge is -2.37. The maximum Gasteiger partial charge on any atom is 0.234 e. The first-order chi connectivity index (χ1) is 12.6. The Morgan fingerprint density at radius 1 is 1.31 bits per heavy atom. The van der Waals surface area contributed by atoms with Gasteiger partial charge in [-0.25, -0.2) is 0 Å². The van der Waals surface area contributed by atoms with Crippen LogP contribution in [0, 0.1) is 5.92 Å². The van der Waals surface area contributed by atoms with Gasteiger partial charge < -0.3 is 15.0 Å². The first-order valence-electron chi connectivity index (χ1n) is 10.1. The van der Waals surface area contributed by atoms with Crippen molar-refractivity contribution in [2.24, 2.45) is 5.92 Å². The minimum absolute atomic E-state index is 0.0799. The fraction of sp³-hybridized carbons (Fsp3) is 0.667. The van der Waals surface area contributed by atoms with E-state index in [9.17, 15) is 4.79 Å². The van der Waals surface area contributed by atoms with E-state index in [1.807, 2.05) is 25.2 Å². The van der Waals surface area contributed by atoms with E-state index in [4.69, 9.17) is 4.74 Å². The van der Waals surface area contributed by atoms with Gasteiger partial charge in [-0.15, -0.1) is 0 Å². The maximum absolute atomic E-state index is 12.4. The van der Waals surface area contributed by atoms with Crippen LogP contribution in [0.1, 0.15) is 39.5 Å². The molecule has 0 radical (unpaired) electrons. The van der Waals surface area contributed by atoms with Crippen LogP contribution >= 0.6 is 0 Å². The summed E-state index contributed by atoms with van der Waals surface area (Å²) in [5.41, 5.74) is 1.16. The molecule has 5 nitrogen and oxygen atoms in total. The lowest BCUT2D eigenvalue weighted by molar-refractivity contribution is -0.123. The molecule has 0 aromatic heterocycles. The summed E-state index contributed by atoms with van der Waals surface area (Å²) in [7, 11) is 2.00. The summed E-state index contributed by atoms with van der Waals surface area (Å²) in [6.07, 6.45) is 4.94. The van der Waals surface area contributed by atoms with Gasteiger partial charge in [-0.1, -0.05) is 31.9 Å². The summed E-state index contributed by atoms with van der Waals surface area (Å²) in [5, 5.41) is 3.24. The lowest BCUT2D eigenvalue weighted by atomic mass is 9.86. The zero-order valence-electron chi connectivity index (χ0n) is 16.4.